The highest BCUT2D eigenvalue weighted by Crippen LogP contribution is 2.27. The van der Waals surface area contributed by atoms with Crippen LogP contribution in [-0.4, -0.2) is 22.8 Å². The van der Waals surface area contributed by atoms with Gasteiger partial charge in [0.2, 0.25) is 0 Å². The molecular weight excluding hydrogens is 216 g/mol. The minimum Gasteiger partial charge on any atom is -0.478 e. The summed E-state index contributed by atoms with van der Waals surface area (Å²) in [7, 11) is 0. The molecule has 0 fully saturated rings. The number of aliphatic hydroxyl groups is 1. The molecule has 1 aliphatic carbocycles. The first-order valence-corrected chi connectivity index (χ1v) is 5.83. The number of aliphatic hydroxyl groups excluding tert-OH is 1. The third kappa shape index (κ3) is 2.56. The average molecular weight is 232 g/mol. The highest BCUT2D eigenvalue weighted by atomic mass is 16.4. The van der Waals surface area contributed by atoms with Gasteiger partial charge in [0.1, 0.15) is 0 Å². The molecule has 2 rings (SSSR count). The number of aliphatic carboxylic acids is 1. The van der Waals surface area contributed by atoms with Gasteiger partial charge in [0.05, 0.1) is 0 Å². The van der Waals surface area contributed by atoms with Gasteiger partial charge in [0, 0.05) is 12.2 Å². The molecule has 0 saturated heterocycles. The van der Waals surface area contributed by atoms with E-state index in [0.717, 1.165) is 0 Å². The minimum atomic E-state index is -0.865. The van der Waals surface area contributed by atoms with E-state index in [2.05, 4.69) is 0 Å². The molecule has 0 heterocycles. The van der Waals surface area contributed by atoms with Gasteiger partial charge in [-0.15, -0.1) is 0 Å². The Hall–Kier alpha value is -1.61. The highest BCUT2D eigenvalue weighted by Gasteiger charge is 2.23. The molecule has 0 spiro atoms. The molecule has 17 heavy (non-hydrogen) atoms. The van der Waals surface area contributed by atoms with Crippen molar-refractivity contribution < 1.29 is 15.0 Å². The van der Waals surface area contributed by atoms with Gasteiger partial charge in [0.15, 0.2) is 0 Å². The van der Waals surface area contributed by atoms with Crippen LogP contribution in [0.15, 0.2) is 35.9 Å². The van der Waals surface area contributed by atoms with Crippen LogP contribution in [0.2, 0.25) is 0 Å². The summed E-state index contributed by atoms with van der Waals surface area (Å²) in [5, 5.41) is 18.2. The zero-order valence-electron chi connectivity index (χ0n) is 9.60. The summed E-state index contributed by atoms with van der Waals surface area (Å²) < 4.78 is 0. The van der Waals surface area contributed by atoms with E-state index in [4.69, 9.17) is 5.11 Å². The molecule has 0 aliphatic heterocycles. The van der Waals surface area contributed by atoms with E-state index in [0.29, 0.717) is 24.8 Å². The molecule has 1 atom stereocenters. The number of carboxylic acids is 1. The SMILES string of the molecule is O=C(O)C1=CCc2ccccc2CC1CCO. The molecule has 0 aromatic heterocycles. The minimum absolute atomic E-state index is 0.0253. The number of hydrogen-bond donors (Lipinski definition) is 2. The Labute approximate surface area is 100 Å². The Bertz CT molecular complexity index is 449. The van der Waals surface area contributed by atoms with Crippen LogP contribution in [0.5, 0.6) is 0 Å². The number of benzene rings is 1. The first kappa shape index (κ1) is 11.9. The van der Waals surface area contributed by atoms with Crippen molar-refractivity contribution in [2.75, 3.05) is 6.61 Å². The average Bonchev–Trinajstić information content (AvgIpc) is 2.48. The molecule has 90 valence electrons. The Morgan fingerprint density at radius 3 is 2.65 bits per heavy atom. The lowest BCUT2D eigenvalue weighted by Gasteiger charge is -2.15. The number of allylic oxidation sites excluding steroid dienone is 1. The fraction of sp³-hybridized carbons (Fsp3) is 0.357. The number of carboxylic acid groups (broad SMARTS) is 1. The molecule has 3 heteroatoms. The number of carbonyl (C=O) groups is 1. The second-order valence-corrected chi connectivity index (χ2v) is 4.35. The van der Waals surface area contributed by atoms with Crippen LogP contribution < -0.4 is 0 Å². The maximum absolute atomic E-state index is 11.2. The summed E-state index contributed by atoms with van der Waals surface area (Å²) in [5.41, 5.74) is 2.82. The molecule has 0 bridgehead atoms. The predicted octanol–water partition coefficient (Wildman–Crippen LogP) is 1.79. The van der Waals surface area contributed by atoms with E-state index in [-0.39, 0.29) is 12.5 Å². The normalized spacial score (nSPS) is 19.1. The predicted molar refractivity (Wildman–Crippen MR) is 64.8 cm³/mol. The molecular formula is C14H16O3. The standard InChI is InChI=1S/C14H16O3/c15-8-7-12-9-11-4-2-1-3-10(11)5-6-13(12)14(16)17/h1-4,6,12,15H,5,7-9H2,(H,16,17). The quantitative estimate of drug-likeness (QED) is 0.835. The van der Waals surface area contributed by atoms with Crippen molar-refractivity contribution in [1.82, 2.24) is 0 Å². The van der Waals surface area contributed by atoms with Crippen LogP contribution in [0.25, 0.3) is 0 Å². The van der Waals surface area contributed by atoms with Crippen LogP contribution in [0.4, 0.5) is 0 Å². The lowest BCUT2D eigenvalue weighted by molar-refractivity contribution is -0.133. The van der Waals surface area contributed by atoms with E-state index in [9.17, 15) is 9.90 Å². The Kier molecular flexibility index (Phi) is 3.59. The van der Waals surface area contributed by atoms with Crippen LogP contribution in [0, 0.1) is 5.92 Å². The first-order chi connectivity index (χ1) is 8.22. The fourth-order valence-corrected chi connectivity index (χ4v) is 2.39. The molecule has 2 N–H and O–H groups in total. The van der Waals surface area contributed by atoms with Crippen LogP contribution in [-0.2, 0) is 17.6 Å². The number of hydrogen-bond acceptors (Lipinski definition) is 2. The van der Waals surface area contributed by atoms with Gasteiger partial charge in [-0.1, -0.05) is 30.3 Å². The highest BCUT2D eigenvalue weighted by molar-refractivity contribution is 5.87. The Balaban J connectivity index is 2.33. The maximum Gasteiger partial charge on any atom is 0.331 e. The second-order valence-electron chi connectivity index (χ2n) is 4.35. The van der Waals surface area contributed by atoms with Crippen LogP contribution in [0.1, 0.15) is 17.5 Å². The molecule has 1 aliphatic rings. The van der Waals surface area contributed by atoms with Gasteiger partial charge in [-0.05, 0) is 36.3 Å². The maximum atomic E-state index is 11.2. The van der Waals surface area contributed by atoms with Gasteiger partial charge in [0.25, 0.3) is 0 Å². The van der Waals surface area contributed by atoms with Gasteiger partial charge >= 0.3 is 5.97 Å². The molecule has 1 aromatic carbocycles. The summed E-state index contributed by atoms with van der Waals surface area (Å²) in [5.74, 6) is -0.947. The van der Waals surface area contributed by atoms with Crippen molar-refractivity contribution in [2.45, 2.75) is 19.3 Å². The molecule has 3 nitrogen and oxygen atoms in total. The topological polar surface area (TPSA) is 57.5 Å². The zero-order chi connectivity index (χ0) is 12.3. The molecule has 1 aromatic rings. The van der Waals surface area contributed by atoms with Crippen LogP contribution in [0.3, 0.4) is 0 Å². The first-order valence-electron chi connectivity index (χ1n) is 5.83. The van der Waals surface area contributed by atoms with Crippen molar-refractivity contribution in [3.8, 4) is 0 Å². The summed E-state index contributed by atoms with van der Waals surface area (Å²) in [6.45, 7) is 0.0253. The summed E-state index contributed by atoms with van der Waals surface area (Å²) >= 11 is 0. The lowest BCUT2D eigenvalue weighted by Crippen LogP contribution is -2.16. The van der Waals surface area contributed by atoms with Crippen molar-refractivity contribution in [2.24, 2.45) is 5.92 Å². The van der Waals surface area contributed by atoms with Crippen LogP contribution >= 0.6 is 0 Å². The van der Waals surface area contributed by atoms with E-state index in [1.807, 2.05) is 24.3 Å². The second kappa shape index (κ2) is 5.15. The van der Waals surface area contributed by atoms with Crippen molar-refractivity contribution in [3.05, 3.63) is 47.0 Å². The zero-order valence-corrected chi connectivity index (χ0v) is 9.60. The largest absolute Gasteiger partial charge is 0.478 e. The number of fused-ring (bicyclic) bond motifs is 1. The van der Waals surface area contributed by atoms with Gasteiger partial charge in [-0.3, -0.25) is 0 Å². The third-order valence-corrected chi connectivity index (χ3v) is 3.29. The molecule has 0 radical (unpaired) electrons. The number of rotatable bonds is 3. The van der Waals surface area contributed by atoms with E-state index >= 15 is 0 Å². The molecule has 0 amide bonds. The van der Waals surface area contributed by atoms with Crippen molar-refractivity contribution >= 4 is 5.97 Å². The van der Waals surface area contributed by atoms with Gasteiger partial charge in [-0.2, -0.15) is 0 Å². The van der Waals surface area contributed by atoms with E-state index < -0.39 is 5.97 Å². The van der Waals surface area contributed by atoms with Gasteiger partial charge in [-0.25, -0.2) is 4.79 Å². The molecule has 0 saturated carbocycles. The van der Waals surface area contributed by atoms with E-state index in [1.165, 1.54) is 11.1 Å². The monoisotopic (exact) mass is 232 g/mol. The fourth-order valence-electron chi connectivity index (χ4n) is 2.39. The third-order valence-electron chi connectivity index (χ3n) is 3.29. The summed E-state index contributed by atoms with van der Waals surface area (Å²) in [6.07, 6.45) is 3.66. The smallest absolute Gasteiger partial charge is 0.331 e. The lowest BCUT2D eigenvalue weighted by atomic mass is 9.90. The van der Waals surface area contributed by atoms with Crippen molar-refractivity contribution in [3.63, 3.8) is 0 Å². The Morgan fingerprint density at radius 2 is 2.00 bits per heavy atom. The van der Waals surface area contributed by atoms with E-state index in [1.54, 1.807) is 6.08 Å². The molecule has 1 unspecified atom stereocenters. The van der Waals surface area contributed by atoms with Gasteiger partial charge < -0.3 is 10.2 Å². The van der Waals surface area contributed by atoms with Crippen molar-refractivity contribution in [1.29, 1.82) is 0 Å². The Morgan fingerprint density at radius 1 is 1.29 bits per heavy atom. The summed E-state index contributed by atoms with van der Waals surface area (Å²) in [6, 6.07) is 8.02. The summed E-state index contributed by atoms with van der Waals surface area (Å²) in [4.78, 5) is 11.2.